The molecule has 0 spiro atoms. The Morgan fingerprint density at radius 1 is 1.31 bits per heavy atom. The molecule has 2 aromatic rings. The first kappa shape index (κ1) is 19.9. The van der Waals surface area contributed by atoms with Crippen molar-refractivity contribution in [1.82, 2.24) is 20.3 Å². The number of hydrogen-bond donors (Lipinski definition) is 1. The van der Waals surface area contributed by atoms with Gasteiger partial charge in [0.1, 0.15) is 11.6 Å². The van der Waals surface area contributed by atoms with Gasteiger partial charge in [-0.05, 0) is 36.5 Å². The number of hydrogen-bond acceptors (Lipinski definition) is 7. The summed E-state index contributed by atoms with van der Waals surface area (Å²) in [6.45, 7) is 3.33. The van der Waals surface area contributed by atoms with Crippen molar-refractivity contribution < 1.29 is 14.7 Å². The van der Waals surface area contributed by atoms with Gasteiger partial charge in [0.05, 0.1) is 17.4 Å². The lowest BCUT2D eigenvalue weighted by atomic mass is 10.0. The molecule has 0 aliphatic carbocycles. The van der Waals surface area contributed by atoms with Gasteiger partial charge in [-0.2, -0.15) is 16.4 Å². The van der Waals surface area contributed by atoms with Crippen molar-refractivity contribution in [3.05, 3.63) is 34.6 Å². The summed E-state index contributed by atoms with van der Waals surface area (Å²) in [6, 6.07) is 4.63. The Labute approximate surface area is 155 Å². The number of aromatic nitrogens is 3. The average molecular weight is 377 g/mol. The lowest BCUT2D eigenvalue weighted by Crippen LogP contribution is -2.53. The van der Waals surface area contributed by atoms with Crippen LogP contribution >= 0.6 is 11.8 Å². The quantitative estimate of drug-likeness (QED) is 0.687. The molecule has 2 rings (SSSR count). The second-order valence-corrected chi connectivity index (χ2v) is 7.19. The van der Waals surface area contributed by atoms with E-state index in [0.717, 1.165) is 4.68 Å². The first-order valence-corrected chi connectivity index (χ1v) is 9.60. The Morgan fingerprint density at radius 2 is 2.00 bits per heavy atom. The third kappa shape index (κ3) is 4.40. The molecule has 140 valence electrons. The van der Waals surface area contributed by atoms with Gasteiger partial charge in [-0.1, -0.05) is 31.2 Å². The molecule has 0 unspecified atom stereocenters. The fourth-order valence-electron chi connectivity index (χ4n) is 2.55. The molecule has 1 aromatic carbocycles. The summed E-state index contributed by atoms with van der Waals surface area (Å²) < 4.78 is 1.03. The van der Waals surface area contributed by atoms with Crippen LogP contribution in [-0.4, -0.2) is 44.9 Å². The number of fused-ring (bicyclic) bond motifs is 1. The number of rotatable bonds is 8. The summed E-state index contributed by atoms with van der Waals surface area (Å²) in [7, 11) is 0. The number of carbonyl (C=O) groups excluding carboxylic acids is 2. The number of nitrogens with zero attached hydrogens (tertiary/aromatic N) is 3. The van der Waals surface area contributed by atoms with Crippen LogP contribution in [0.15, 0.2) is 29.1 Å². The van der Waals surface area contributed by atoms with Crippen LogP contribution in [0.5, 0.6) is 0 Å². The number of thioether (sulfide) groups is 1. The summed E-state index contributed by atoms with van der Waals surface area (Å²) >= 11 is 1.51. The number of amides is 1. The molecule has 1 aromatic heterocycles. The minimum atomic E-state index is -1.37. The number of carbonyl (C=O) groups is 2. The number of aliphatic carboxylic acids is 1. The van der Waals surface area contributed by atoms with Crippen molar-refractivity contribution in [3.8, 4) is 0 Å². The van der Waals surface area contributed by atoms with Gasteiger partial charge in [0.15, 0.2) is 0 Å². The summed E-state index contributed by atoms with van der Waals surface area (Å²) in [5, 5.41) is 22.0. The minimum absolute atomic E-state index is 0.317. The second kappa shape index (κ2) is 8.79. The summed E-state index contributed by atoms with van der Waals surface area (Å²) in [4.78, 5) is 36.7. The fraction of sp³-hybridized carbons (Fsp3) is 0.471. The zero-order chi connectivity index (χ0) is 19.3. The first-order chi connectivity index (χ1) is 12.4. The lowest BCUT2D eigenvalue weighted by molar-refractivity contribution is -0.309. The fourth-order valence-corrected chi connectivity index (χ4v) is 3.01. The van der Waals surface area contributed by atoms with E-state index in [2.05, 4.69) is 15.6 Å². The van der Waals surface area contributed by atoms with Gasteiger partial charge in [0, 0.05) is 0 Å². The van der Waals surface area contributed by atoms with Crippen LogP contribution in [0, 0.1) is 5.92 Å². The molecule has 0 fully saturated rings. The van der Waals surface area contributed by atoms with Gasteiger partial charge in [-0.15, -0.1) is 5.10 Å². The van der Waals surface area contributed by atoms with Crippen LogP contribution in [0.1, 0.15) is 26.3 Å². The molecule has 2 atom stereocenters. The summed E-state index contributed by atoms with van der Waals surface area (Å²) in [5.74, 6) is -1.72. The maximum Gasteiger partial charge on any atom is 0.278 e. The Bertz CT molecular complexity index is 852. The van der Waals surface area contributed by atoms with E-state index in [1.807, 2.05) is 6.26 Å². The smallest absolute Gasteiger partial charge is 0.278 e. The Morgan fingerprint density at radius 3 is 2.62 bits per heavy atom. The molecule has 0 radical (unpaired) electrons. The van der Waals surface area contributed by atoms with Crippen molar-refractivity contribution in [2.45, 2.75) is 32.4 Å². The lowest BCUT2D eigenvalue weighted by Gasteiger charge is -2.26. The van der Waals surface area contributed by atoms with Gasteiger partial charge in [-0.3, -0.25) is 9.59 Å². The highest BCUT2D eigenvalue weighted by molar-refractivity contribution is 7.98. The predicted molar refractivity (Wildman–Crippen MR) is 97.6 cm³/mol. The molecule has 1 heterocycles. The van der Waals surface area contributed by atoms with Gasteiger partial charge >= 0.3 is 0 Å². The normalized spacial score (nSPS) is 13.5. The minimum Gasteiger partial charge on any atom is -0.548 e. The third-order valence-electron chi connectivity index (χ3n) is 4.00. The van der Waals surface area contributed by atoms with Crippen molar-refractivity contribution in [2.75, 3.05) is 12.0 Å². The molecule has 0 bridgehead atoms. The van der Waals surface area contributed by atoms with E-state index >= 15 is 0 Å². The Hall–Kier alpha value is -2.42. The van der Waals surface area contributed by atoms with E-state index < -0.39 is 29.5 Å². The van der Waals surface area contributed by atoms with Crippen LogP contribution in [0.25, 0.3) is 10.9 Å². The first-order valence-electron chi connectivity index (χ1n) is 8.21. The molecular formula is C17H21N4O4S-. The largest absolute Gasteiger partial charge is 0.548 e. The number of carboxylic acids is 1. The van der Waals surface area contributed by atoms with Crippen molar-refractivity contribution >= 4 is 34.5 Å². The van der Waals surface area contributed by atoms with Gasteiger partial charge < -0.3 is 15.2 Å². The van der Waals surface area contributed by atoms with Crippen LogP contribution in [-0.2, 0) is 9.59 Å². The SMILES string of the molecule is CSCC[C@@H](C(=O)N[C@H](C(=O)[O-])C(C)C)n1nnc2ccccc2c1=O. The standard InChI is InChI=1S/C17H22N4O4S/c1-10(2)14(17(24)25)18-15(22)13(8-9-26-3)21-16(23)11-6-4-5-7-12(11)19-20-21/h4-7,10,13-14H,8-9H2,1-3H3,(H,18,22)(H,24,25)/p-1/t13-,14-/m0/s1. The highest BCUT2D eigenvalue weighted by atomic mass is 32.2. The number of carboxylic acid groups (broad SMARTS) is 1. The van der Waals surface area contributed by atoms with E-state index in [0.29, 0.717) is 23.1 Å². The van der Waals surface area contributed by atoms with Crippen molar-refractivity contribution in [2.24, 2.45) is 5.92 Å². The van der Waals surface area contributed by atoms with Crippen LogP contribution in [0.3, 0.4) is 0 Å². The van der Waals surface area contributed by atoms with Gasteiger partial charge in [0.25, 0.3) is 5.56 Å². The summed E-state index contributed by atoms with van der Waals surface area (Å²) in [5.41, 5.74) is -0.000956. The van der Waals surface area contributed by atoms with Gasteiger partial charge in [-0.25, -0.2) is 0 Å². The molecule has 0 aliphatic heterocycles. The predicted octanol–water partition coefficient (Wildman–Crippen LogP) is -0.0236. The van der Waals surface area contributed by atoms with Crippen molar-refractivity contribution in [1.29, 1.82) is 0 Å². The van der Waals surface area contributed by atoms with E-state index in [1.165, 1.54) is 11.8 Å². The highest BCUT2D eigenvalue weighted by Crippen LogP contribution is 2.14. The molecule has 9 heteroatoms. The van der Waals surface area contributed by atoms with Crippen LogP contribution in [0.2, 0.25) is 0 Å². The zero-order valence-corrected chi connectivity index (χ0v) is 15.7. The maximum atomic E-state index is 12.7. The molecule has 26 heavy (non-hydrogen) atoms. The summed E-state index contributed by atoms with van der Waals surface area (Å²) in [6.07, 6.45) is 2.19. The Balaban J connectivity index is 2.41. The molecule has 0 aliphatic rings. The maximum absolute atomic E-state index is 12.7. The topological polar surface area (TPSA) is 117 Å². The monoisotopic (exact) mass is 377 g/mol. The number of nitrogens with one attached hydrogen (secondary N) is 1. The van der Waals surface area contributed by atoms with E-state index in [4.69, 9.17) is 0 Å². The number of benzene rings is 1. The molecule has 1 N–H and O–H groups in total. The van der Waals surface area contributed by atoms with Crippen LogP contribution < -0.4 is 16.0 Å². The highest BCUT2D eigenvalue weighted by Gasteiger charge is 2.27. The van der Waals surface area contributed by atoms with Crippen molar-refractivity contribution in [3.63, 3.8) is 0 Å². The van der Waals surface area contributed by atoms with E-state index in [-0.39, 0.29) is 5.92 Å². The molecule has 1 amide bonds. The average Bonchev–Trinajstić information content (AvgIpc) is 2.61. The van der Waals surface area contributed by atoms with E-state index in [1.54, 1.807) is 38.1 Å². The van der Waals surface area contributed by atoms with Gasteiger partial charge in [0.2, 0.25) is 5.91 Å². The third-order valence-corrected chi connectivity index (χ3v) is 4.65. The Kier molecular flexibility index (Phi) is 6.73. The second-order valence-electron chi connectivity index (χ2n) is 6.20. The molecular weight excluding hydrogens is 356 g/mol. The van der Waals surface area contributed by atoms with Crippen LogP contribution in [0.4, 0.5) is 0 Å². The molecule has 0 saturated carbocycles. The molecule has 0 saturated heterocycles. The van der Waals surface area contributed by atoms with E-state index in [9.17, 15) is 19.5 Å². The molecule has 8 nitrogen and oxygen atoms in total. The zero-order valence-electron chi connectivity index (χ0n) is 14.8.